The Balaban J connectivity index is 1.82. The smallest absolute Gasteiger partial charge is 0.164 e. The van der Waals surface area contributed by atoms with E-state index in [2.05, 4.69) is 11.9 Å². The molecule has 0 aromatic heterocycles. The van der Waals surface area contributed by atoms with Gasteiger partial charge in [0.2, 0.25) is 0 Å². The van der Waals surface area contributed by atoms with Crippen LogP contribution in [0.3, 0.4) is 0 Å². The maximum atomic E-state index is 12.1. The lowest BCUT2D eigenvalue weighted by molar-refractivity contribution is 0.0425. The van der Waals surface area contributed by atoms with Crippen LogP contribution in [-0.2, 0) is 4.74 Å². The van der Waals surface area contributed by atoms with Crippen molar-refractivity contribution in [3.8, 4) is 0 Å². The van der Waals surface area contributed by atoms with Gasteiger partial charge in [-0.25, -0.2) is 0 Å². The third-order valence-corrected chi connectivity index (χ3v) is 3.89. The number of carbonyl (C=O) groups excluding carboxylic acids is 1. The summed E-state index contributed by atoms with van der Waals surface area (Å²) in [5.74, 6) is 0.154. The Hall–Kier alpha value is -0.900. The number of halogens is 1. The standard InChI is InChI=1S/C15H20ClNO2/c1-17(14-6-9-19-10-7-14)8-5-15(18)12-3-2-4-13(16)11-12/h2-4,11,14H,5-10H2,1H3. The molecular weight excluding hydrogens is 262 g/mol. The van der Waals surface area contributed by atoms with Crippen LogP contribution < -0.4 is 0 Å². The van der Waals surface area contributed by atoms with Crippen molar-refractivity contribution in [2.24, 2.45) is 0 Å². The highest BCUT2D eigenvalue weighted by Gasteiger charge is 2.19. The third-order valence-electron chi connectivity index (χ3n) is 3.65. The average Bonchev–Trinajstić information content (AvgIpc) is 2.45. The van der Waals surface area contributed by atoms with Gasteiger partial charge in [0.25, 0.3) is 0 Å². The van der Waals surface area contributed by atoms with Gasteiger partial charge in [0.05, 0.1) is 0 Å². The Morgan fingerprint density at radius 1 is 1.42 bits per heavy atom. The van der Waals surface area contributed by atoms with Gasteiger partial charge in [-0.05, 0) is 32.0 Å². The van der Waals surface area contributed by atoms with E-state index in [1.54, 1.807) is 12.1 Å². The van der Waals surface area contributed by atoms with Crippen LogP contribution in [0.5, 0.6) is 0 Å². The highest BCUT2D eigenvalue weighted by atomic mass is 35.5. The van der Waals surface area contributed by atoms with Crippen LogP contribution in [0.25, 0.3) is 0 Å². The highest BCUT2D eigenvalue weighted by molar-refractivity contribution is 6.31. The molecule has 104 valence electrons. The fraction of sp³-hybridized carbons (Fsp3) is 0.533. The minimum absolute atomic E-state index is 0.154. The number of carbonyl (C=O) groups is 1. The maximum absolute atomic E-state index is 12.1. The van der Waals surface area contributed by atoms with Crippen LogP contribution in [0.4, 0.5) is 0 Å². The Bertz CT molecular complexity index is 430. The van der Waals surface area contributed by atoms with Gasteiger partial charge < -0.3 is 9.64 Å². The van der Waals surface area contributed by atoms with Crippen molar-refractivity contribution in [3.05, 3.63) is 34.9 Å². The van der Waals surface area contributed by atoms with E-state index in [0.717, 1.165) is 32.6 Å². The van der Waals surface area contributed by atoms with Crippen LogP contribution in [0.1, 0.15) is 29.6 Å². The Morgan fingerprint density at radius 3 is 2.84 bits per heavy atom. The molecule has 1 aliphatic rings. The Kier molecular flexibility index (Phi) is 5.37. The van der Waals surface area contributed by atoms with Gasteiger partial charge in [0, 0.05) is 42.8 Å². The molecule has 0 atom stereocenters. The molecule has 0 radical (unpaired) electrons. The number of hydrogen-bond acceptors (Lipinski definition) is 3. The van der Waals surface area contributed by atoms with Gasteiger partial charge in [-0.3, -0.25) is 4.79 Å². The molecule has 19 heavy (non-hydrogen) atoms. The van der Waals surface area contributed by atoms with Crippen LogP contribution in [0.15, 0.2) is 24.3 Å². The molecule has 2 rings (SSSR count). The van der Waals surface area contributed by atoms with E-state index in [1.165, 1.54) is 0 Å². The summed E-state index contributed by atoms with van der Waals surface area (Å²) in [6.07, 6.45) is 2.65. The molecule has 3 nitrogen and oxygen atoms in total. The molecule has 1 fully saturated rings. The third kappa shape index (κ3) is 4.30. The first kappa shape index (κ1) is 14.5. The summed E-state index contributed by atoms with van der Waals surface area (Å²) in [6.45, 7) is 2.45. The summed E-state index contributed by atoms with van der Waals surface area (Å²) in [7, 11) is 2.08. The van der Waals surface area contributed by atoms with Gasteiger partial charge >= 0.3 is 0 Å². The topological polar surface area (TPSA) is 29.5 Å². The van der Waals surface area contributed by atoms with Crippen LogP contribution in [-0.4, -0.2) is 43.5 Å². The number of ketones is 1. The second-order valence-corrected chi connectivity index (χ2v) is 5.44. The molecule has 4 heteroatoms. The summed E-state index contributed by atoms with van der Waals surface area (Å²) in [5, 5.41) is 0.614. The summed E-state index contributed by atoms with van der Waals surface area (Å²) in [6, 6.07) is 7.70. The number of nitrogens with zero attached hydrogens (tertiary/aromatic N) is 1. The van der Waals surface area contributed by atoms with Crippen molar-refractivity contribution >= 4 is 17.4 Å². The molecule has 1 heterocycles. The molecule has 0 unspecified atom stereocenters. The molecular formula is C15H20ClNO2. The molecule has 0 N–H and O–H groups in total. The van der Waals surface area contributed by atoms with E-state index >= 15 is 0 Å². The number of hydrogen-bond donors (Lipinski definition) is 0. The summed E-state index contributed by atoms with van der Waals surface area (Å²) in [5.41, 5.74) is 0.702. The normalized spacial score (nSPS) is 16.8. The van der Waals surface area contributed by atoms with Gasteiger partial charge in [0.1, 0.15) is 0 Å². The van der Waals surface area contributed by atoms with E-state index in [4.69, 9.17) is 16.3 Å². The van der Waals surface area contributed by atoms with Crippen molar-refractivity contribution in [2.45, 2.75) is 25.3 Å². The van der Waals surface area contributed by atoms with Crippen LogP contribution in [0.2, 0.25) is 5.02 Å². The van der Waals surface area contributed by atoms with Crippen molar-refractivity contribution in [2.75, 3.05) is 26.8 Å². The molecule has 1 aromatic carbocycles. The Morgan fingerprint density at radius 2 is 2.16 bits per heavy atom. The molecule has 1 aromatic rings. The predicted octanol–water partition coefficient (Wildman–Crippen LogP) is 3.02. The van der Waals surface area contributed by atoms with Crippen molar-refractivity contribution in [3.63, 3.8) is 0 Å². The summed E-state index contributed by atoms with van der Waals surface area (Å²) >= 11 is 5.90. The minimum atomic E-state index is 0.154. The number of ether oxygens (including phenoxy) is 1. The monoisotopic (exact) mass is 281 g/mol. The lowest BCUT2D eigenvalue weighted by Crippen LogP contribution is -2.37. The Labute approximate surface area is 119 Å². The lowest BCUT2D eigenvalue weighted by Gasteiger charge is -2.30. The molecule has 0 bridgehead atoms. The fourth-order valence-corrected chi connectivity index (χ4v) is 2.58. The van der Waals surface area contributed by atoms with Gasteiger partial charge in [-0.1, -0.05) is 23.7 Å². The second kappa shape index (κ2) is 7.04. The van der Waals surface area contributed by atoms with Crippen LogP contribution >= 0.6 is 11.6 Å². The van der Waals surface area contributed by atoms with Crippen LogP contribution in [0, 0.1) is 0 Å². The zero-order chi connectivity index (χ0) is 13.7. The molecule has 1 saturated heterocycles. The molecule has 0 saturated carbocycles. The number of Topliss-reactive ketones (excluding diaryl/α,β-unsaturated/α-hetero) is 1. The highest BCUT2D eigenvalue weighted by Crippen LogP contribution is 2.15. The first-order valence-electron chi connectivity index (χ1n) is 6.73. The summed E-state index contributed by atoms with van der Waals surface area (Å²) < 4.78 is 5.35. The molecule has 0 spiro atoms. The lowest BCUT2D eigenvalue weighted by atomic mass is 10.1. The van der Waals surface area contributed by atoms with Gasteiger partial charge in [-0.15, -0.1) is 0 Å². The van der Waals surface area contributed by atoms with Crippen molar-refractivity contribution in [1.29, 1.82) is 0 Å². The zero-order valence-electron chi connectivity index (χ0n) is 11.3. The van der Waals surface area contributed by atoms with Crippen molar-refractivity contribution < 1.29 is 9.53 Å². The largest absolute Gasteiger partial charge is 0.381 e. The van der Waals surface area contributed by atoms with Crippen molar-refractivity contribution in [1.82, 2.24) is 4.90 Å². The number of rotatable bonds is 5. The quantitative estimate of drug-likeness (QED) is 0.777. The van der Waals surface area contributed by atoms with E-state index < -0.39 is 0 Å². The molecule has 0 aliphatic carbocycles. The van der Waals surface area contributed by atoms with E-state index in [9.17, 15) is 4.79 Å². The van der Waals surface area contributed by atoms with E-state index in [0.29, 0.717) is 23.0 Å². The molecule has 1 aliphatic heterocycles. The SMILES string of the molecule is CN(CCC(=O)c1cccc(Cl)c1)C1CCOCC1. The minimum Gasteiger partial charge on any atom is -0.381 e. The first-order chi connectivity index (χ1) is 9.16. The van der Waals surface area contributed by atoms with Gasteiger partial charge in [-0.2, -0.15) is 0 Å². The maximum Gasteiger partial charge on any atom is 0.164 e. The van der Waals surface area contributed by atoms with E-state index in [1.807, 2.05) is 12.1 Å². The predicted molar refractivity (Wildman–Crippen MR) is 76.9 cm³/mol. The zero-order valence-corrected chi connectivity index (χ0v) is 12.0. The molecule has 0 amide bonds. The fourth-order valence-electron chi connectivity index (χ4n) is 2.39. The summed E-state index contributed by atoms with van der Waals surface area (Å²) in [4.78, 5) is 14.3. The van der Waals surface area contributed by atoms with E-state index in [-0.39, 0.29) is 5.78 Å². The first-order valence-corrected chi connectivity index (χ1v) is 7.11. The number of benzene rings is 1. The second-order valence-electron chi connectivity index (χ2n) is 5.01. The van der Waals surface area contributed by atoms with Gasteiger partial charge in [0.15, 0.2) is 5.78 Å². The average molecular weight is 282 g/mol.